The normalized spacial score (nSPS) is 16.6. The maximum absolute atomic E-state index is 13.4. The van der Waals surface area contributed by atoms with Crippen molar-refractivity contribution in [1.82, 2.24) is 35.0 Å². The minimum absolute atomic E-state index is 0.0942. The van der Waals surface area contributed by atoms with E-state index in [2.05, 4.69) is 87.5 Å². The second-order valence-electron chi connectivity index (χ2n) is 10.5. The Labute approximate surface area is 205 Å². The number of rotatable bonds is 5. The van der Waals surface area contributed by atoms with Crippen LogP contribution in [-0.2, 0) is 12.1 Å². The summed E-state index contributed by atoms with van der Waals surface area (Å²) in [5.41, 5.74) is 3.55. The molecule has 5 rings (SSSR count). The van der Waals surface area contributed by atoms with Crippen molar-refractivity contribution in [3.8, 4) is 0 Å². The number of hydrogen-bond acceptors (Lipinski definition) is 6. The van der Waals surface area contributed by atoms with Gasteiger partial charge in [-0.15, -0.1) is 5.10 Å². The van der Waals surface area contributed by atoms with Crippen molar-refractivity contribution in [1.29, 1.82) is 0 Å². The number of hydrogen-bond donors (Lipinski definition) is 1. The first kappa shape index (κ1) is 23.4. The molecule has 0 saturated carbocycles. The highest BCUT2D eigenvalue weighted by molar-refractivity contribution is 5.79. The molecule has 3 heterocycles. The lowest BCUT2D eigenvalue weighted by Gasteiger charge is -2.39. The van der Waals surface area contributed by atoms with E-state index in [0.717, 1.165) is 49.2 Å². The van der Waals surface area contributed by atoms with E-state index in [1.165, 1.54) is 5.56 Å². The molecule has 1 atom stereocenters. The summed E-state index contributed by atoms with van der Waals surface area (Å²) < 4.78 is 1.85. The van der Waals surface area contributed by atoms with Gasteiger partial charge in [-0.05, 0) is 66.8 Å². The number of nitrogens with zero attached hydrogens (tertiary/aromatic N) is 6. The minimum atomic E-state index is -0.336. The Morgan fingerprint density at radius 3 is 2.46 bits per heavy atom. The Balaban J connectivity index is 1.51. The largest absolute Gasteiger partial charge is 0.322 e. The van der Waals surface area contributed by atoms with E-state index < -0.39 is 0 Å². The van der Waals surface area contributed by atoms with Gasteiger partial charge >= 0.3 is 0 Å². The molecule has 0 unspecified atom stereocenters. The van der Waals surface area contributed by atoms with Crippen LogP contribution in [0.1, 0.15) is 49.3 Å². The second kappa shape index (κ2) is 9.36. The number of aromatic nitrogens is 5. The Kier molecular flexibility index (Phi) is 6.25. The summed E-state index contributed by atoms with van der Waals surface area (Å²) in [6.07, 6.45) is 0. The van der Waals surface area contributed by atoms with Crippen molar-refractivity contribution in [2.75, 3.05) is 26.2 Å². The Morgan fingerprint density at radius 2 is 1.74 bits per heavy atom. The van der Waals surface area contributed by atoms with Gasteiger partial charge in [0, 0.05) is 43.8 Å². The molecule has 8 heteroatoms. The fourth-order valence-electron chi connectivity index (χ4n) is 4.90. The van der Waals surface area contributed by atoms with Crippen molar-refractivity contribution in [3.05, 3.63) is 87.5 Å². The van der Waals surface area contributed by atoms with E-state index >= 15 is 0 Å². The van der Waals surface area contributed by atoms with Crippen LogP contribution in [0, 0.1) is 6.92 Å². The van der Waals surface area contributed by atoms with Crippen molar-refractivity contribution < 1.29 is 0 Å². The van der Waals surface area contributed by atoms with Crippen LogP contribution in [0.25, 0.3) is 10.9 Å². The van der Waals surface area contributed by atoms with Gasteiger partial charge in [0.1, 0.15) is 6.04 Å². The number of piperazine rings is 1. The molecule has 0 spiro atoms. The molecule has 0 amide bonds. The van der Waals surface area contributed by atoms with Gasteiger partial charge in [-0.1, -0.05) is 42.5 Å². The third kappa shape index (κ3) is 4.90. The first-order valence-corrected chi connectivity index (χ1v) is 12.2. The van der Waals surface area contributed by atoms with E-state index in [1.54, 1.807) is 0 Å². The molecule has 1 aliphatic heterocycles. The average molecular weight is 472 g/mol. The van der Waals surface area contributed by atoms with E-state index in [1.807, 2.05) is 29.8 Å². The molecular formula is C27H33N7O. The van der Waals surface area contributed by atoms with Gasteiger partial charge in [0.2, 0.25) is 0 Å². The molecule has 1 saturated heterocycles. The van der Waals surface area contributed by atoms with Crippen LogP contribution in [0.2, 0.25) is 0 Å². The quantitative estimate of drug-likeness (QED) is 0.480. The van der Waals surface area contributed by atoms with Crippen molar-refractivity contribution in [2.24, 2.45) is 0 Å². The summed E-state index contributed by atoms with van der Waals surface area (Å²) in [6, 6.07) is 18.4. The molecule has 4 aromatic rings. The van der Waals surface area contributed by atoms with Crippen LogP contribution in [0.5, 0.6) is 0 Å². The third-order valence-electron chi connectivity index (χ3n) is 6.72. The topological polar surface area (TPSA) is 82.9 Å². The number of tetrazole rings is 1. The number of pyridine rings is 1. The second-order valence-corrected chi connectivity index (χ2v) is 10.5. The smallest absolute Gasteiger partial charge is 0.253 e. The molecule has 1 fully saturated rings. The molecular weight excluding hydrogens is 438 g/mol. The zero-order chi connectivity index (χ0) is 24.6. The monoisotopic (exact) mass is 471 g/mol. The maximum atomic E-state index is 13.4. The van der Waals surface area contributed by atoms with Crippen LogP contribution < -0.4 is 5.56 Å². The van der Waals surface area contributed by atoms with Crippen LogP contribution in [0.3, 0.4) is 0 Å². The van der Waals surface area contributed by atoms with Gasteiger partial charge in [-0.3, -0.25) is 14.6 Å². The minimum Gasteiger partial charge on any atom is -0.322 e. The molecule has 0 radical (unpaired) electrons. The Bertz CT molecular complexity index is 1360. The molecule has 1 N–H and O–H groups in total. The zero-order valence-electron chi connectivity index (χ0n) is 20.9. The average Bonchev–Trinajstić information content (AvgIpc) is 3.32. The van der Waals surface area contributed by atoms with Crippen molar-refractivity contribution in [2.45, 2.75) is 45.8 Å². The van der Waals surface area contributed by atoms with Crippen LogP contribution in [0.4, 0.5) is 0 Å². The van der Waals surface area contributed by atoms with Gasteiger partial charge in [0.25, 0.3) is 5.56 Å². The number of aromatic amines is 1. The highest BCUT2D eigenvalue weighted by Gasteiger charge is 2.34. The third-order valence-corrected chi connectivity index (χ3v) is 6.72. The van der Waals surface area contributed by atoms with Gasteiger partial charge < -0.3 is 4.98 Å². The summed E-state index contributed by atoms with van der Waals surface area (Å²) in [5.74, 6) is 0.700. The Morgan fingerprint density at radius 1 is 1.00 bits per heavy atom. The van der Waals surface area contributed by atoms with Crippen molar-refractivity contribution >= 4 is 10.9 Å². The van der Waals surface area contributed by atoms with Gasteiger partial charge in [-0.25, -0.2) is 4.68 Å². The Hall–Kier alpha value is -3.36. The summed E-state index contributed by atoms with van der Waals surface area (Å²) in [4.78, 5) is 21.3. The van der Waals surface area contributed by atoms with E-state index in [4.69, 9.17) is 0 Å². The highest BCUT2D eigenvalue weighted by atomic mass is 16.1. The van der Waals surface area contributed by atoms with E-state index in [9.17, 15) is 4.79 Å². The summed E-state index contributed by atoms with van der Waals surface area (Å²) in [7, 11) is 0. The molecule has 1 aliphatic rings. The number of benzene rings is 2. The fraction of sp³-hybridized carbons (Fsp3) is 0.407. The molecule has 8 nitrogen and oxygen atoms in total. The standard InChI is InChI=1S/C27H33N7O/c1-19-10-11-21-17-22(26(35)28-23(21)16-19)24(25-29-30-31-34(25)27(2,3)4)33-14-12-32(13-15-33)18-20-8-6-5-7-9-20/h5-11,16-17,24H,12-15,18H2,1-4H3,(H,28,35)/t24-/m1/s1. The summed E-state index contributed by atoms with van der Waals surface area (Å²) in [5, 5.41) is 13.8. The molecule has 2 aromatic carbocycles. The SMILES string of the molecule is Cc1ccc2cc([C@H](c3nnnn3C(C)(C)C)N3CCN(Cc4ccccc4)CC3)c(=O)[nH]c2c1. The molecule has 35 heavy (non-hydrogen) atoms. The lowest BCUT2D eigenvalue weighted by Crippen LogP contribution is -2.49. The zero-order valence-corrected chi connectivity index (χ0v) is 20.9. The summed E-state index contributed by atoms with van der Waals surface area (Å²) in [6.45, 7) is 12.6. The molecule has 2 aromatic heterocycles. The number of fused-ring (bicyclic) bond motifs is 1. The lowest BCUT2D eigenvalue weighted by atomic mass is 10.0. The van der Waals surface area contributed by atoms with Crippen LogP contribution in [-0.4, -0.2) is 61.2 Å². The first-order chi connectivity index (χ1) is 16.8. The predicted molar refractivity (Wildman–Crippen MR) is 137 cm³/mol. The molecule has 182 valence electrons. The predicted octanol–water partition coefficient (Wildman–Crippen LogP) is 3.49. The van der Waals surface area contributed by atoms with Crippen molar-refractivity contribution in [3.63, 3.8) is 0 Å². The fourth-order valence-corrected chi connectivity index (χ4v) is 4.90. The molecule has 0 bridgehead atoms. The van der Waals surface area contributed by atoms with E-state index in [0.29, 0.717) is 11.4 Å². The van der Waals surface area contributed by atoms with Gasteiger partial charge in [0.05, 0.1) is 5.54 Å². The van der Waals surface area contributed by atoms with Crippen LogP contribution >= 0.6 is 0 Å². The number of H-pyrrole nitrogens is 1. The van der Waals surface area contributed by atoms with Gasteiger partial charge in [-0.2, -0.15) is 0 Å². The summed E-state index contributed by atoms with van der Waals surface area (Å²) >= 11 is 0. The first-order valence-electron chi connectivity index (χ1n) is 12.2. The molecule has 0 aliphatic carbocycles. The maximum Gasteiger partial charge on any atom is 0.253 e. The number of nitrogens with one attached hydrogen (secondary N) is 1. The van der Waals surface area contributed by atoms with Crippen LogP contribution in [0.15, 0.2) is 59.4 Å². The highest BCUT2D eigenvalue weighted by Crippen LogP contribution is 2.30. The van der Waals surface area contributed by atoms with Gasteiger partial charge in [0.15, 0.2) is 5.82 Å². The number of aryl methyl sites for hydroxylation is 1. The van der Waals surface area contributed by atoms with E-state index in [-0.39, 0.29) is 17.1 Å². The lowest BCUT2D eigenvalue weighted by molar-refractivity contribution is 0.0975.